The zero-order valence-corrected chi connectivity index (χ0v) is 10.4. The molecule has 1 aliphatic rings. The van der Waals surface area contributed by atoms with Gasteiger partial charge in [0.1, 0.15) is 0 Å². The number of hydrogen-bond donors (Lipinski definition) is 0. The predicted molar refractivity (Wildman–Crippen MR) is 63.3 cm³/mol. The third-order valence-electron chi connectivity index (χ3n) is 2.96. The quantitative estimate of drug-likeness (QED) is 0.473. The van der Waals surface area contributed by atoms with Crippen LogP contribution in [-0.2, 0) is 14.3 Å². The molecule has 16 heavy (non-hydrogen) atoms. The number of hydrogen-bond acceptors (Lipinski definition) is 3. The molecular weight excluding hydrogens is 204 g/mol. The number of rotatable bonds is 8. The van der Waals surface area contributed by atoms with Crippen LogP contribution in [0.1, 0.15) is 58.3 Å². The molecule has 1 unspecified atom stereocenters. The van der Waals surface area contributed by atoms with Crippen molar-refractivity contribution in [1.82, 2.24) is 0 Å². The molecule has 0 aromatic carbocycles. The Morgan fingerprint density at radius 2 is 2.25 bits per heavy atom. The van der Waals surface area contributed by atoms with E-state index in [9.17, 15) is 4.79 Å². The van der Waals surface area contributed by atoms with Gasteiger partial charge in [0.2, 0.25) is 0 Å². The molecular formula is C13H24O3. The minimum absolute atomic E-state index is 0.0630. The molecule has 0 aromatic rings. The zero-order valence-electron chi connectivity index (χ0n) is 10.4. The minimum atomic E-state index is -0.0630. The number of carbonyl (C=O) groups excluding carboxylic acids is 1. The first kappa shape index (κ1) is 13.5. The van der Waals surface area contributed by atoms with Crippen molar-refractivity contribution in [3.8, 4) is 0 Å². The zero-order chi connectivity index (χ0) is 11.6. The third kappa shape index (κ3) is 6.11. The number of esters is 1. The summed E-state index contributed by atoms with van der Waals surface area (Å²) in [5.74, 6) is -0.0630. The summed E-state index contributed by atoms with van der Waals surface area (Å²) in [6.45, 7) is 3.62. The lowest BCUT2D eigenvalue weighted by Gasteiger charge is -2.08. The summed E-state index contributed by atoms with van der Waals surface area (Å²) in [6, 6.07) is 0. The Bertz CT molecular complexity index is 186. The molecule has 0 amide bonds. The first-order valence-corrected chi connectivity index (χ1v) is 6.60. The SMILES string of the molecule is CCCCCCOC(=O)CCC1CCCO1. The molecule has 0 N–H and O–H groups in total. The lowest BCUT2D eigenvalue weighted by molar-refractivity contribution is -0.144. The average molecular weight is 228 g/mol. The van der Waals surface area contributed by atoms with E-state index in [0.29, 0.717) is 19.1 Å². The smallest absolute Gasteiger partial charge is 0.305 e. The second kappa shape index (κ2) is 8.57. The lowest BCUT2D eigenvalue weighted by Crippen LogP contribution is -2.11. The molecule has 1 atom stereocenters. The Morgan fingerprint density at radius 3 is 2.94 bits per heavy atom. The van der Waals surface area contributed by atoms with Gasteiger partial charge in [0.15, 0.2) is 0 Å². The van der Waals surface area contributed by atoms with Gasteiger partial charge in [-0.1, -0.05) is 26.2 Å². The Labute approximate surface area is 98.5 Å². The highest BCUT2D eigenvalue weighted by atomic mass is 16.5. The highest BCUT2D eigenvalue weighted by Crippen LogP contribution is 2.16. The van der Waals surface area contributed by atoms with Gasteiger partial charge in [-0.15, -0.1) is 0 Å². The summed E-state index contributed by atoms with van der Waals surface area (Å²) in [7, 11) is 0. The van der Waals surface area contributed by atoms with Gasteiger partial charge in [-0.25, -0.2) is 0 Å². The molecule has 1 rings (SSSR count). The molecule has 0 aromatic heterocycles. The molecule has 94 valence electrons. The Morgan fingerprint density at radius 1 is 1.38 bits per heavy atom. The van der Waals surface area contributed by atoms with Crippen molar-refractivity contribution in [2.45, 2.75) is 64.4 Å². The highest BCUT2D eigenvalue weighted by molar-refractivity contribution is 5.69. The summed E-state index contributed by atoms with van der Waals surface area (Å²) in [5.41, 5.74) is 0. The summed E-state index contributed by atoms with van der Waals surface area (Å²) < 4.78 is 10.6. The van der Waals surface area contributed by atoms with Crippen molar-refractivity contribution in [2.24, 2.45) is 0 Å². The van der Waals surface area contributed by atoms with Crippen LogP contribution >= 0.6 is 0 Å². The van der Waals surface area contributed by atoms with E-state index in [1.54, 1.807) is 0 Å². The Hall–Kier alpha value is -0.570. The second-order valence-corrected chi connectivity index (χ2v) is 4.45. The lowest BCUT2D eigenvalue weighted by atomic mass is 10.1. The summed E-state index contributed by atoms with van der Waals surface area (Å²) in [4.78, 5) is 11.4. The molecule has 0 aliphatic carbocycles. The van der Waals surface area contributed by atoms with Gasteiger partial charge in [0, 0.05) is 13.0 Å². The molecule has 0 bridgehead atoms. The van der Waals surface area contributed by atoms with E-state index >= 15 is 0 Å². The minimum Gasteiger partial charge on any atom is -0.466 e. The fourth-order valence-corrected chi connectivity index (χ4v) is 1.94. The first-order valence-electron chi connectivity index (χ1n) is 6.60. The van der Waals surface area contributed by atoms with E-state index in [2.05, 4.69) is 6.92 Å². The van der Waals surface area contributed by atoms with Crippen molar-refractivity contribution < 1.29 is 14.3 Å². The van der Waals surface area contributed by atoms with Crippen LogP contribution < -0.4 is 0 Å². The summed E-state index contributed by atoms with van der Waals surface area (Å²) >= 11 is 0. The van der Waals surface area contributed by atoms with Crippen molar-refractivity contribution in [3.63, 3.8) is 0 Å². The van der Waals surface area contributed by atoms with E-state index in [1.807, 2.05) is 0 Å². The average Bonchev–Trinajstić information content (AvgIpc) is 2.79. The molecule has 0 saturated carbocycles. The van der Waals surface area contributed by atoms with Crippen LogP contribution in [0.2, 0.25) is 0 Å². The summed E-state index contributed by atoms with van der Waals surface area (Å²) in [5, 5.41) is 0. The summed E-state index contributed by atoms with van der Waals surface area (Å²) in [6.07, 6.45) is 8.48. The fourth-order valence-electron chi connectivity index (χ4n) is 1.94. The van der Waals surface area contributed by atoms with Gasteiger partial charge in [0.05, 0.1) is 12.7 Å². The normalized spacial score (nSPS) is 19.9. The van der Waals surface area contributed by atoms with Crippen LogP contribution in [0, 0.1) is 0 Å². The fraction of sp³-hybridized carbons (Fsp3) is 0.923. The molecule has 1 saturated heterocycles. The Balaban J connectivity index is 1.90. The van der Waals surface area contributed by atoms with Crippen molar-refractivity contribution in [3.05, 3.63) is 0 Å². The molecule has 0 radical (unpaired) electrons. The van der Waals surface area contributed by atoms with E-state index in [1.165, 1.54) is 12.8 Å². The van der Waals surface area contributed by atoms with E-state index in [4.69, 9.17) is 9.47 Å². The molecule has 1 heterocycles. The maximum absolute atomic E-state index is 11.4. The Kier molecular flexibility index (Phi) is 7.23. The van der Waals surface area contributed by atoms with Crippen LogP contribution in [0.5, 0.6) is 0 Å². The van der Waals surface area contributed by atoms with Gasteiger partial charge in [-0.2, -0.15) is 0 Å². The van der Waals surface area contributed by atoms with Crippen LogP contribution in [0.3, 0.4) is 0 Å². The largest absolute Gasteiger partial charge is 0.466 e. The highest BCUT2D eigenvalue weighted by Gasteiger charge is 2.16. The van der Waals surface area contributed by atoms with E-state index in [0.717, 1.165) is 38.7 Å². The molecule has 3 heteroatoms. The van der Waals surface area contributed by atoms with Crippen molar-refractivity contribution in [1.29, 1.82) is 0 Å². The van der Waals surface area contributed by atoms with Crippen molar-refractivity contribution in [2.75, 3.05) is 13.2 Å². The topological polar surface area (TPSA) is 35.5 Å². The molecule has 0 spiro atoms. The van der Waals surface area contributed by atoms with Crippen LogP contribution in [-0.4, -0.2) is 25.3 Å². The number of ether oxygens (including phenoxy) is 2. The van der Waals surface area contributed by atoms with Crippen molar-refractivity contribution >= 4 is 5.97 Å². The molecule has 1 aliphatic heterocycles. The number of unbranched alkanes of at least 4 members (excludes halogenated alkanes) is 3. The van der Waals surface area contributed by atoms with Gasteiger partial charge in [-0.05, 0) is 25.7 Å². The number of carbonyl (C=O) groups is 1. The van der Waals surface area contributed by atoms with Crippen LogP contribution in [0.4, 0.5) is 0 Å². The second-order valence-electron chi connectivity index (χ2n) is 4.45. The van der Waals surface area contributed by atoms with Crippen LogP contribution in [0.15, 0.2) is 0 Å². The van der Waals surface area contributed by atoms with Gasteiger partial charge in [0.25, 0.3) is 0 Å². The monoisotopic (exact) mass is 228 g/mol. The standard InChI is InChI=1S/C13H24O3/c1-2-3-4-5-10-16-13(14)9-8-12-7-6-11-15-12/h12H,2-11H2,1H3. The van der Waals surface area contributed by atoms with Gasteiger partial charge < -0.3 is 9.47 Å². The van der Waals surface area contributed by atoms with E-state index < -0.39 is 0 Å². The third-order valence-corrected chi connectivity index (χ3v) is 2.96. The maximum Gasteiger partial charge on any atom is 0.305 e. The van der Waals surface area contributed by atoms with Gasteiger partial charge >= 0.3 is 5.97 Å². The predicted octanol–water partition coefficient (Wildman–Crippen LogP) is 3.07. The molecule has 3 nitrogen and oxygen atoms in total. The maximum atomic E-state index is 11.4. The van der Waals surface area contributed by atoms with Crippen LogP contribution in [0.25, 0.3) is 0 Å². The molecule has 1 fully saturated rings. The van der Waals surface area contributed by atoms with Gasteiger partial charge in [-0.3, -0.25) is 4.79 Å². The first-order chi connectivity index (χ1) is 7.83. The van der Waals surface area contributed by atoms with E-state index in [-0.39, 0.29) is 5.97 Å².